The van der Waals surface area contributed by atoms with Crippen molar-refractivity contribution in [2.75, 3.05) is 31.7 Å². The van der Waals surface area contributed by atoms with Gasteiger partial charge in [-0.2, -0.15) is 0 Å². The Bertz CT molecular complexity index is 1030. The molecular formula is C25H29FN2O5. The minimum Gasteiger partial charge on any atom is -0.490 e. The number of amides is 2. The predicted octanol–water partition coefficient (Wildman–Crippen LogP) is 4.24. The third-order valence-electron chi connectivity index (χ3n) is 4.88. The number of nitrogens with zero attached hydrogens (tertiary/aromatic N) is 1. The number of hydrogen-bond acceptors (Lipinski definition) is 6. The van der Waals surface area contributed by atoms with Gasteiger partial charge in [0.2, 0.25) is 0 Å². The van der Waals surface area contributed by atoms with E-state index in [9.17, 15) is 14.0 Å². The Kier molecular flexibility index (Phi) is 8.06. The van der Waals surface area contributed by atoms with Crippen LogP contribution in [0.25, 0.3) is 5.57 Å². The van der Waals surface area contributed by atoms with E-state index in [2.05, 4.69) is 5.32 Å². The molecule has 0 atom stereocenters. The molecule has 0 aliphatic carbocycles. The molecule has 0 spiro atoms. The highest BCUT2D eigenvalue weighted by atomic mass is 19.1. The quantitative estimate of drug-likeness (QED) is 0.510. The second kappa shape index (κ2) is 11.0. The second-order valence-corrected chi connectivity index (χ2v) is 7.59. The van der Waals surface area contributed by atoms with Crippen LogP contribution in [-0.4, -0.2) is 49.2 Å². The van der Waals surface area contributed by atoms with Crippen LogP contribution in [0.1, 0.15) is 33.3 Å². The SMILES string of the molecule is CCOc1ccc(NC2=C(c3ccc(F)cc3)C(=O)N(CCOC(C)C)C2=O)cc1OCC. The van der Waals surface area contributed by atoms with Gasteiger partial charge in [0.25, 0.3) is 11.8 Å². The molecule has 0 saturated heterocycles. The maximum Gasteiger partial charge on any atom is 0.278 e. The summed E-state index contributed by atoms with van der Waals surface area (Å²) in [6, 6.07) is 10.7. The van der Waals surface area contributed by atoms with Crippen molar-refractivity contribution < 1.29 is 28.2 Å². The van der Waals surface area contributed by atoms with Crippen molar-refractivity contribution in [3.8, 4) is 11.5 Å². The van der Waals surface area contributed by atoms with Crippen LogP contribution in [0, 0.1) is 5.82 Å². The van der Waals surface area contributed by atoms with Crippen molar-refractivity contribution in [1.29, 1.82) is 0 Å². The fraction of sp³-hybridized carbons (Fsp3) is 0.360. The largest absolute Gasteiger partial charge is 0.490 e. The van der Waals surface area contributed by atoms with E-state index in [1.54, 1.807) is 18.2 Å². The summed E-state index contributed by atoms with van der Waals surface area (Å²) < 4.78 is 30.3. The molecule has 8 heteroatoms. The lowest BCUT2D eigenvalue weighted by atomic mass is 10.0. The molecule has 2 amide bonds. The number of benzene rings is 2. The van der Waals surface area contributed by atoms with Gasteiger partial charge in [0, 0.05) is 11.8 Å². The maximum absolute atomic E-state index is 13.5. The van der Waals surface area contributed by atoms with E-state index in [0.29, 0.717) is 36.0 Å². The van der Waals surface area contributed by atoms with Gasteiger partial charge in [-0.3, -0.25) is 14.5 Å². The zero-order chi connectivity index (χ0) is 24.0. The summed E-state index contributed by atoms with van der Waals surface area (Å²) in [5, 5.41) is 3.08. The summed E-state index contributed by atoms with van der Waals surface area (Å²) in [6.07, 6.45) is -0.0271. The summed E-state index contributed by atoms with van der Waals surface area (Å²) in [5.74, 6) is -0.261. The number of ether oxygens (including phenoxy) is 3. The normalized spacial score (nSPS) is 13.8. The standard InChI is InChI=1S/C25H29FN2O5/c1-5-31-20-12-11-19(15-21(20)32-6-2)27-23-22(17-7-9-18(26)10-8-17)24(29)28(25(23)30)13-14-33-16(3)4/h7-12,15-16,27H,5-6,13-14H2,1-4H3. The van der Waals surface area contributed by atoms with Crippen LogP contribution >= 0.6 is 0 Å². The van der Waals surface area contributed by atoms with Crippen molar-refractivity contribution in [3.63, 3.8) is 0 Å². The average Bonchev–Trinajstić information content (AvgIpc) is 3.00. The predicted molar refractivity (Wildman–Crippen MR) is 124 cm³/mol. The molecular weight excluding hydrogens is 427 g/mol. The van der Waals surface area contributed by atoms with E-state index in [0.717, 1.165) is 4.90 Å². The molecule has 0 saturated carbocycles. The lowest BCUT2D eigenvalue weighted by Gasteiger charge is -2.17. The number of halogens is 1. The zero-order valence-corrected chi connectivity index (χ0v) is 19.3. The Morgan fingerprint density at radius 2 is 1.61 bits per heavy atom. The summed E-state index contributed by atoms with van der Waals surface area (Å²) in [7, 11) is 0. The molecule has 0 radical (unpaired) electrons. The first-order chi connectivity index (χ1) is 15.8. The van der Waals surface area contributed by atoms with Gasteiger partial charge in [0.1, 0.15) is 11.5 Å². The van der Waals surface area contributed by atoms with Crippen LogP contribution in [0.2, 0.25) is 0 Å². The molecule has 1 N–H and O–H groups in total. The number of anilines is 1. The van der Waals surface area contributed by atoms with Gasteiger partial charge in [-0.25, -0.2) is 4.39 Å². The van der Waals surface area contributed by atoms with Gasteiger partial charge in [-0.1, -0.05) is 12.1 Å². The molecule has 1 aliphatic rings. The molecule has 2 aromatic carbocycles. The van der Waals surface area contributed by atoms with Gasteiger partial charge in [-0.05, 0) is 57.5 Å². The number of carbonyl (C=O) groups is 2. The van der Waals surface area contributed by atoms with Gasteiger partial charge >= 0.3 is 0 Å². The van der Waals surface area contributed by atoms with E-state index in [1.807, 2.05) is 27.7 Å². The maximum atomic E-state index is 13.5. The van der Waals surface area contributed by atoms with E-state index in [1.165, 1.54) is 24.3 Å². The first-order valence-corrected chi connectivity index (χ1v) is 11.0. The van der Waals surface area contributed by atoms with Crippen molar-refractivity contribution in [2.45, 2.75) is 33.8 Å². The van der Waals surface area contributed by atoms with E-state index >= 15 is 0 Å². The topological polar surface area (TPSA) is 77.1 Å². The van der Waals surface area contributed by atoms with Crippen molar-refractivity contribution >= 4 is 23.1 Å². The molecule has 1 aliphatic heterocycles. The fourth-order valence-electron chi connectivity index (χ4n) is 3.43. The molecule has 7 nitrogen and oxygen atoms in total. The van der Waals surface area contributed by atoms with Crippen LogP contribution in [0.3, 0.4) is 0 Å². The second-order valence-electron chi connectivity index (χ2n) is 7.59. The summed E-state index contributed by atoms with van der Waals surface area (Å²) >= 11 is 0. The first kappa shape index (κ1) is 24.3. The molecule has 2 aromatic rings. The van der Waals surface area contributed by atoms with Crippen LogP contribution in [0.5, 0.6) is 11.5 Å². The number of imide groups is 1. The van der Waals surface area contributed by atoms with Crippen LogP contribution in [-0.2, 0) is 14.3 Å². The summed E-state index contributed by atoms with van der Waals surface area (Å²) in [6.45, 7) is 8.75. The zero-order valence-electron chi connectivity index (χ0n) is 19.3. The van der Waals surface area contributed by atoms with Crippen LogP contribution in [0.15, 0.2) is 48.2 Å². The fourth-order valence-corrected chi connectivity index (χ4v) is 3.43. The van der Waals surface area contributed by atoms with Gasteiger partial charge in [-0.15, -0.1) is 0 Å². The Labute approximate surface area is 193 Å². The van der Waals surface area contributed by atoms with Gasteiger partial charge in [0.15, 0.2) is 11.5 Å². The van der Waals surface area contributed by atoms with E-state index < -0.39 is 17.6 Å². The van der Waals surface area contributed by atoms with Crippen LogP contribution in [0.4, 0.5) is 10.1 Å². The van der Waals surface area contributed by atoms with E-state index in [-0.39, 0.29) is 30.5 Å². The third-order valence-corrected chi connectivity index (χ3v) is 4.88. The minimum absolute atomic E-state index is 0.0271. The average molecular weight is 457 g/mol. The van der Waals surface area contributed by atoms with Crippen molar-refractivity contribution in [3.05, 3.63) is 59.5 Å². The first-order valence-electron chi connectivity index (χ1n) is 11.0. The highest BCUT2D eigenvalue weighted by Crippen LogP contribution is 2.34. The highest BCUT2D eigenvalue weighted by Gasteiger charge is 2.39. The van der Waals surface area contributed by atoms with Crippen molar-refractivity contribution in [1.82, 2.24) is 4.90 Å². The molecule has 0 aromatic heterocycles. The smallest absolute Gasteiger partial charge is 0.278 e. The molecule has 0 bridgehead atoms. The highest BCUT2D eigenvalue weighted by molar-refractivity contribution is 6.36. The molecule has 0 fully saturated rings. The van der Waals surface area contributed by atoms with Gasteiger partial charge < -0.3 is 19.5 Å². The molecule has 0 unspecified atom stereocenters. The number of carbonyl (C=O) groups excluding carboxylic acids is 2. The number of rotatable bonds is 11. The summed E-state index contributed by atoms with van der Waals surface area (Å²) in [4.78, 5) is 27.6. The van der Waals surface area contributed by atoms with Crippen LogP contribution < -0.4 is 14.8 Å². The van der Waals surface area contributed by atoms with Crippen molar-refractivity contribution in [2.24, 2.45) is 0 Å². The molecule has 176 valence electrons. The van der Waals surface area contributed by atoms with E-state index in [4.69, 9.17) is 14.2 Å². The Balaban J connectivity index is 1.97. The third kappa shape index (κ3) is 5.70. The summed E-state index contributed by atoms with van der Waals surface area (Å²) in [5.41, 5.74) is 1.29. The molecule has 3 rings (SSSR count). The monoisotopic (exact) mass is 456 g/mol. The number of hydrogen-bond donors (Lipinski definition) is 1. The Morgan fingerprint density at radius 1 is 0.939 bits per heavy atom. The Hall–Kier alpha value is -3.39. The lowest BCUT2D eigenvalue weighted by Crippen LogP contribution is -2.35. The molecule has 1 heterocycles. The lowest BCUT2D eigenvalue weighted by molar-refractivity contribution is -0.137. The number of nitrogens with one attached hydrogen (secondary N) is 1. The minimum atomic E-state index is -0.474. The van der Waals surface area contributed by atoms with Gasteiger partial charge in [0.05, 0.1) is 38.0 Å². The Morgan fingerprint density at radius 3 is 2.24 bits per heavy atom. The molecule has 33 heavy (non-hydrogen) atoms.